The first-order chi connectivity index (χ1) is 21.1. The van der Waals surface area contributed by atoms with Crippen molar-refractivity contribution in [2.75, 3.05) is 0 Å². The van der Waals surface area contributed by atoms with Gasteiger partial charge < -0.3 is 31.7 Å². The molecule has 10 heteroatoms. The van der Waals surface area contributed by atoms with Crippen molar-refractivity contribution in [1.29, 1.82) is 0 Å². The minimum Gasteiger partial charge on any atom is -1.00 e. The number of halogens is 1. The van der Waals surface area contributed by atoms with Crippen molar-refractivity contribution in [3.05, 3.63) is 107 Å². The van der Waals surface area contributed by atoms with Gasteiger partial charge in [0.15, 0.2) is 0 Å². The molecule has 0 aliphatic rings. The molecule has 0 saturated carbocycles. The number of rotatable bonds is 14. The Bertz CT molecular complexity index is 1580. The van der Waals surface area contributed by atoms with Gasteiger partial charge in [0, 0.05) is 29.4 Å². The number of carbonyl (C=O) groups excluding carboxylic acids is 1. The van der Waals surface area contributed by atoms with Gasteiger partial charge in [-0.05, 0) is 67.5 Å². The summed E-state index contributed by atoms with van der Waals surface area (Å²) in [5.41, 5.74) is 5.63. The molecule has 4 rings (SSSR count). The largest absolute Gasteiger partial charge is 1.00 e. The molecule has 4 aromatic rings. The number of benzene rings is 3. The van der Waals surface area contributed by atoms with Gasteiger partial charge in [0.25, 0.3) is 5.91 Å². The molecule has 1 aromatic heterocycles. The number of carbonyl (C=O) groups is 2. The number of aromatic nitrogens is 1. The molecule has 1 heterocycles. The molecule has 0 spiro atoms. The third-order valence-electron chi connectivity index (χ3n) is 7.53. The van der Waals surface area contributed by atoms with E-state index in [0.717, 1.165) is 27.9 Å². The molecule has 2 atom stereocenters. The Labute approximate surface area is 286 Å². The van der Waals surface area contributed by atoms with Crippen molar-refractivity contribution >= 4 is 11.9 Å². The van der Waals surface area contributed by atoms with E-state index in [9.17, 15) is 29.3 Å². The minimum atomic E-state index is -1.19. The first-order valence-corrected chi connectivity index (χ1v) is 14.7. The van der Waals surface area contributed by atoms with Crippen LogP contribution < -0.4 is 34.9 Å². The van der Waals surface area contributed by atoms with Crippen molar-refractivity contribution < 1.29 is 65.4 Å². The van der Waals surface area contributed by atoms with E-state index >= 15 is 0 Å². The number of hydrogen-bond donors (Lipinski definition) is 5. The molecule has 0 unspecified atom stereocenters. The number of carboxylic acids is 1. The average molecular weight is 627 g/mol. The number of aliphatic hydroxyl groups excluding tert-OH is 3. The Morgan fingerprint density at radius 2 is 1.53 bits per heavy atom. The average Bonchev–Trinajstić information content (AvgIpc) is 3.35. The number of aliphatic hydroxyl groups is 3. The van der Waals surface area contributed by atoms with Crippen LogP contribution in [0.4, 0.5) is 4.39 Å². The third-order valence-corrected chi connectivity index (χ3v) is 7.53. The van der Waals surface area contributed by atoms with Crippen molar-refractivity contribution in [1.82, 2.24) is 9.88 Å². The van der Waals surface area contributed by atoms with E-state index in [2.05, 4.69) is 5.32 Å². The van der Waals surface area contributed by atoms with Gasteiger partial charge in [-0.25, -0.2) is 4.39 Å². The van der Waals surface area contributed by atoms with Crippen LogP contribution in [-0.4, -0.2) is 49.1 Å². The predicted molar refractivity (Wildman–Crippen MR) is 167 cm³/mol. The van der Waals surface area contributed by atoms with Gasteiger partial charge in [0.05, 0.1) is 25.2 Å². The van der Waals surface area contributed by atoms with Gasteiger partial charge in [-0.15, -0.1) is 0 Å². The molecular formula is C35H40FN2NaO6. The number of aliphatic carboxylic acids is 1. The zero-order valence-electron chi connectivity index (χ0n) is 26.9. The minimum absolute atomic E-state index is 0. The Balaban J connectivity index is 0.00000368. The van der Waals surface area contributed by atoms with Crippen molar-refractivity contribution in [3.63, 3.8) is 0 Å². The van der Waals surface area contributed by atoms with E-state index < -0.39 is 30.4 Å². The van der Waals surface area contributed by atoms with Gasteiger partial charge in [-0.2, -0.15) is 0 Å². The summed E-state index contributed by atoms with van der Waals surface area (Å²) in [6, 6.07) is 22.7. The maximum atomic E-state index is 14.1. The van der Waals surface area contributed by atoms with Crippen LogP contribution in [-0.2, 0) is 24.4 Å². The summed E-state index contributed by atoms with van der Waals surface area (Å²) in [6.45, 7) is 4.04. The summed E-state index contributed by atoms with van der Waals surface area (Å²) < 4.78 is 16.0. The fourth-order valence-electron chi connectivity index (χ4n) is 5.61. The fourth-order valence-corrected chi connectivity index (χ4v) is 5.61. The van der Waals surface area contributed by atoms with Crippen LogP contribution >= 0.6 is 0 Å². The predicted octanol–water partition coefficient (Wildman–Crippen LogP) is 2.60. The number of amides is 1. The maximum absolute atomic E-state index is 14.1. The quantitative estimate of drug-likeness (QED) is 0.137. The van der Waals surface area contributed by atoms with Crippen LogP contribution in [0.25, 0.3) is 22.3 Å². The van der Waals surface area contributed by atoms with E-state index in [1.807, 2.05) is 66.9 Å². The van der Waals surface area contributed by atoms with Gasteiger partial charge >= 0.3 is 35.5 Å². The molecule has 0 radical (unpaired) electrons. The molecule has 8 nitrogen and oxygen atoms in total. The zero-order chi connectivity index (χ0) is 31.8. The number of nitrogens with zero attached hydrogens (tertiary/aromatic N) is 1. The van der Waals surface area contributed by atoms with E-state index in [1.54, 1.807) is 18.2 Å². The SMILES string of the molecule is CC(C)n1c(CC[C@@H](O)C[C@@H](O)CC(=O)O)c(-c2ccc(F)cc2)c(-c2ccccc2)c1C(=O)NCc1cccc(CO)c1.[H-].[Na+]. The normalized spacial score (nSPS) is 12.4. The van der Waals surface area contributed by atoms with Gasteiger partial charge in [-0.3, -0.25) is 9.59 Å². The molecule has 0 fully saturated rings. The Morgan fingerprint density at radius 3 is 2.16 bits per heavy atom. The zero-order valence-corrected chi connectivity index (χ0v) is 27.9. The van der Waals surface area contributed by atoms with Crippen LogP contribution in [0.1, 0.15) is 67.9 Å². The van der Waals surface area contributed by atoms with Crippen molar-refractivity contribution in [2.24, 2.45) is 0 Å². The van der Waals surface area contributed by atoms with Crippen LogP contribution in [0.5, 0.6) is 0 Å². The topological polar surface area (TPSA) is 132 Å². The molecule has 0 bridgehead atoms. The number of nitrogens with one attached hydrogen (secondary N) is 1. The first-order valence-electron chi connectivity index (χ1n) is 14.7. The van der Waals surface area contributed by atoms with E-state index in [0.29, 0.717) is 23.2 Å². The Hall–Kier alpha value is -3.31. The van der Waals surface area contributed by atoms with Crippen molar-refractivity contribution in [2.45, 2.75) is 70.9 Å². The second-order valence-corrected chi connectivity index (χ2v) is 11.2. The molecule has 0 aliphatic heterocycles. The van der Waals surface area contributed by atoms with Gasteiger partial charge in [-0.1, -0.05) is 66.7 Å². The summed E-state index contributed by atoms with van der Waals surface area (Å²) in [4.78, 5) is 25.2. The number of hydrogen-bond acceptors (Lipinski definition) is 5. The summed E-state index contributed by atoms with van der Waals surface area (Å²) in [7, 11) is 0. The summed E-state index contributed by atoms with van der Waals surface area (Å²) in [5, 5.41) is 42.4. The molecular weight excluding hydrogens is 586 g/mol. The smallest absolute Gasteiger partial charge is 1.00 e. The third kappa shape index (κ3) is 9.36. The second-order valence-electron chi connectivity index (χ2n) is 11.2. The van der Waals surface area contributed by atoms with Gasteiger partial charge in [0.2, 0.25) is 0 Å². The first kappa shape index (κ1) is 36.2. The van der Waals surface area contributed by atoms with Crippen molar-refractivity contribution in [3.8, 4) is 22.3 Å². The Kier molecular flexibility index (Phi) is 13.5. The van der Waals surface area contributed by atoms with Crippen LogP contribution in [0, 0.1) is 5.82 Å². The maximum Gasteiger partial charge on any atom is 1.00 e. The molecule has 234 valence electrons. The molecule has 0 aliphatic carbocycles. The monoisotopic (exact) mass is 626 g/mol. The molecule has 3 aromatic carbocycles. The van der Waals surface area contributed by atoms with E-state index in [1.165, 1.54) is 12.1 Å². The van der Waals surface area contributed by atoms with E-state index in [-0.39, 0.29) is 68.9 Å². The second kappa shape index (κ2) is 16.8. The molecule has 5 N–H and O–H groups in total. The molecule has 45 heavy (non-hydrogen) atoms. The standard InChI is InChI=1S/C35H39FN2O6.Na.H/c1-22(2)38-30(16-15-28(40)18-29(41)19-31(42)43)32(26-11-13-27(36)14-12-26)33(25-9-4-3-5-10-25)34(38)35(44)37-20-23-7-6-8-24(17-23)21-39;;/h3-14,17,22,28-29,39-41H,15-16,18-21H2,1-2H3,(H,37,44)(H,42,43);;/q;+1;-1/t28-,29-;;/m1../s1. The summed E-state index contributed by atoms with van der Waals surface area (Å²) in [6.07, 6.45) is -2.25. The Morgan fingerprint density at radius 1 is 0.889 bits per heavy atom. The van der Waals surface area contributed by atoms with Crippen LogP contribution in [0.3, 0.4) is 0 Å². The van der Waals surface area contributed by atoms with Crippen LogP contribution in [0.15, 0.2) is 78.9 Å². The summed E-state index contributed by atoms with van der Waals surface area (Å²) in [5.74, 6) is -1.87. The molecule has 1 amide bonds. The molecule has 0 saturated heterocycles. The van der Waals surface area contributed by atoms with Crippen LogP contribution in [0.2, 0.25) is 0 Å². The number of carboxylic acid groups (broad SMARTS) is 1. The fraction of sp³-hybridized carbons (Fsp3) is 0.314. The van der Waals surface area contributed by atoms with Gasteiger partial charge in [0.1, 0.15) is 11.5 Å². The van der Waals surface area contributed by atoms with E-state index in [4.69, 9.17) is 5.11 Å². The summed E-state index contributed by atoms with van der Waals surface area (Å²) >= 11 is 0.